The average Bonchev–Trinajstić information content (AvgIpc) is 2.49. The average molecular weight is 325 g/mol. The van der Waals surface area contributed by atoms with Crippen LogP contribution in [0.5, 0.6) is 0 Å². The van der Waals surface area contributed by atoms with Crippen LogP contribution in [0.2, 0.25) is 5.02 Å². The molecule has 1 aromatic carbocycles. The van der Waals surface area contributed by atoms with Crippen LogP contribution in [-0.2, 0) is 6.54 Å². The number of carbonyl (C=O) groups excluding carboxylic acids is 1. The highest BCUT2D eigenvalue weighted by Gasteiger charge is 2.09. The summed E-state index contributed by atoms with van der Waals surface area (Å²) in [4.78, 5) is 23.1. The fraction of sp³-hybridized carbons (Fsp3) is 0.214. The van der Waals surface area contributed by atoms with Gasteiger partial charge >= 0.3 is 6.03 Å². The molecule has 2 aromatic rings. The standard InChI is InChI=1S/C14H14ClFN4O2/c15-10-4-1-5-11(16)13(10)19-14(22)17-7-3-9-20-12(21)6-2-8-18-20/h1-2,4-6,8H,3,7,9H2,(H2,17,19,22). The number of anilines is 1. The summed E-state index contributed by atoms with van der Waals surface area (Å²) in [5, 5.41) is 8.92. The number of rotatable bonds is 5. The van der Waals surface area contributed by atoms with E-state index in [9.17, 15) is 14.0 Å². The van der Waals surface area contributed by atoms with Gasteiger partial charge in [-0.05, 0) is 24.6 Å². The van der Waals surface area contributed by atoms with Crippen molar-refractivity contribution >= 4 is 23.3 Å². The SMILES string of the molecule is O=C(NCCCn1ncccc1=O)Nc1c(F)cccc1Cl. The maximum Gasteiger partial charge on any atom is 0.319 e. The van der Waals surface area contributed by atoms with E-state index < -0.39 is 11.8 Å². The second-order valence-electron chi connectivity index (χ2n) is 4.42. The summed E-state index contributed by atoms with van der Waals surface area (Å²) in [7, 11) is 0. The van der Waals surface area contributed by atoms with E-state index in [2.05, 4.69) is 15.7 Å². The maximum atomic E-state index is 13.5. The Hall–Kier alpha value is -2.41. The van der Waals surface area contributed by atoms with Crippen molar-refractivity contribution in [2.45, 2.75) is 13.0 Å². The van der Waals surface area contributed by atoms with Crippen LogP contribution >= 0.6 is 11.6 Å². The van der Waals surface area contributed by atoms with Crippen molar-refractivity contribution in [3.05, 3.63) is 57.7 Å². The Bertz CT molecular complexity index is 700. The highest BCUT2D eigenvalue weighted by molar-refractivity contribution is 6.33. The zero-order chi connectivity index (χ0) is 15.9. The molecule has 0 radical (unpaired) electrons. The third-order valence-corrected chi connectivity index (χ3v) is 3.13. The Balaban J connectivity index is 1.79. The van der Waals surface area contributed by atoms with Gasteiger partial charge < -0.3 is 10.6 Å². The molecular weight excluding hydrogens is 311 g/mol. The molecule has 0 spiro atoms. The summed E-state index contributed by atoms with van der Waals surface area (Å²) in [6.45, 7) is 0.682. The lowest BCUT2D eigenvalue weighted by molar-refractivity contribution is 0.251. The first-order valence-electron chi connectivity index (χ1n) is 6.59. The van der Waals surface area contributed by atoms with Crippen molar-refractivity contribution in [1.29, 1.82) is 0 Å². The van der Waals surface area contributed by atoms with Crippen LogP contribution in [-0.4, -0.2) is 22.4 Å². The molecule has 1 aromatic heterocycles. The van der Waals surface area contributed by atoms with Crippen LogP contribution in [0.1, 0.15) is 6.42 Å². The van der Waals surface area contributed by atoms with Crippen LogP contribution in [0.25, 0.3) is 0 Å². The molecule has 0 bridgehead atoms. The first kappa shape index (κ1) is 16.0. The van der Waals surface area contributed by atoms with Gasteiger partial charge in [-0.1, -0.05) is 17.7 Å². The predicted molar refractivity (Wildman–Crippen MR) is 81.5 cm³/mol. The molecular formula is C14H14ClFN4O2. The number of nitrogens with zero attached hydrogens (tertiary/aromatic N) is 2. The normalized spacial score (nSPS) is 10.3. The molecule has 8 heteroatoms. The summed E-state index contributed by atoms with van der Waals surface area (Å²) in [6.07, 6.45) is 2.02. The van der Waals surface area contributed by atoms with Crippen LogP contribution in [0.4, 0.5) is 14.9 Å². The molecule has 0 aliphatic heterocycles. The van der Waals surface area contributed by atoms with Gasteiger partial charge in [-0.15, -0.1) is 0 Å². The van der Waals surface area contributed by atoms with Gasteiger partial charge in [-0.2, -0.15) is 5.10 Å². The Kier molecular flexibility index (Phi) is 5.48. The van der Waals surface area contributed by atoms with E-state index in [1.807, 2.05) is 0 Å². The fourth-order valence-electron chi connectivity index (χ4n) is 1.76. The Labute approximate surface area is 130 Å². The molecule has 0 unspecified atom stereocenters. The summed E-state index contributed by atoms with van der Waals surface area (Å²) >= 11 is 5.80. The number of aromatic nitrogens is 2. The minimum absolute atomic E-state index is 0.0670. The number of halogens is 2. The number of hydrogen-bond acceptors (Lipinski definition) is 3. The molecule has 0 fully saturated rings. The zero-order valence-electron chi connectivity index (χ0n) is 11.6. The second-order valence-corrected chi connectivity index (χ2v) is 4.82. The van der Waals surface area contributed by atoms with Gasteiger partial charge in [0, 0.05) is 25.4 Å². The second kappa shape index (κ2) is 7.56. The van der Waals surface area contributed by atoms with Crippen LogP contribution < -0.4 is 16.2 Å². The van der Waals surface area contributed by atoms with Crippen molar-refractivity contribution in [2.24, 2.45) is 0 Å². The summed E-state index contributed by atoms with van der Waals surface area (Å²) in [5.41, 5.74) is -0.271. The highest BCUT2D eigenvalue weighted by Crippen LogP contribution is 2.24. The molecule has 0 atom stereocenters. The molecule has 2 amide bonds. The number of para-hydroxylation sites is 1. The minimum Gasteiger partial charge on any atom is -0.338 e. The lowest BCUT2D eigenvalue weighted by Crippen LogP contribution is -2.31. The summed E-state index contributed by atoms with van der Waals surface area (Å²) < 4.78 is 14.8. The molecule has 2 rings (SSSR count). The van der Waals surface area contributed by atoms with E-state index >= 15 is 0 Å². The number of amides is 2. The van der Waals surface area contributed by atoms with Gasteiger partial charge in [0.05, 0.1) is 10.7 Å². The van der Waals surface area contributed by atoms with E-state index in [0.717, 1.165) is 0 Å². The minimum atomic E-state index is -0.609. The predicted octanol–water partition coefficient (Wildman–Crippen LogP) is 2.25. The molecule has 0 saturated heterocycles. The molecule has 6 nitrogen and oxygen atoms in total. The van der Waals surface area contributed by atoms with Gasteiger partial charge in [0.2, 0.25) is 0 Å². The van der Waals surface area contributed by atoms with Crippen molar-refractivity contribution in [3.63, 3.8) is 0 Å². The van der Waals surface area contributed by atoms with E-state index in [0.29, 0.717) is 19.5 Å². The van der Waals surface area contributed by atoms with Crippen molar-refractivity contribution in [2.75, 3.05) is 11.9 Å². The number of benzene rings is 1. The molecule has 0 saturated carbocycles. The van der Waals surface area contributed by atoms with Crippen molar-refractivity contribution in [3.8, 4) is 0 Å². The van der Waals surface area contributed by atoms with E-state index in [1.165, 1.54) is 35.1 Å². The smallest absolute Gasteiger partial charge is 0.319 e. The van der Waals surface area contributed by atoms with Crippen molar-refractivity contribution in [1.82, 2.24) is 15.1 Å². The van der Waals surface area contributed by atoms with Crippen LogP contribution in [0, 0.1) is 5.82 Å². The fourth-order valence-corrected chi connectivity index (χ4v) is 1.97. The van der Waals surface area contributed by atoms with Crippen LogP contribution in [0.15, 0.2) is 41.3 Å². The molecule has 1 heterocycles. The Morgan fingerprint density at radius 1 is 1.32 bits per heavy atom. The molecule has 0 aliphatic rings. The molecule has 2 N–H and O–H groups in total. The highest BCUT2D eigenvalue weighted by atomic mass is 35.5. The third kappa shape index (κ3) is 4.29. The number of aryl methyl sites for hydroxylation is 1. The monoisotopic (exact) mass is 324 g/mol. The van der Waals surface area contributed by atoms with Gasteiger partial charge in [0.15, 0.2) is 0 Å². The Morgan fingerprint density at radius 2 is 2.14 bits per heavy atom. The lowest BCUT2D eigenvalue weighted by Gasteiger charge is -2.10. The van der Waals surface area contributed by atoms with Crippen LogP contribution in [0.3, 0.4) is 0 Å². The zero-order valence-corrected chi connectivity index (χ0v) is 12.3. The van der Waals surface area contributed by atoms with Gasteiger partial charge in [-0.3, -0.25) is 4.79 Å². The van der Waals surface area contributed by atoms with Gasteiger partial charge in [0.1, 0.15) is 5.82 Å². The third-order valence-electron chi connectivity index (χ3n) is 2.82. The quantitative estimate of drug-likeness (QED) is 0.828. The van der Waals surface area contributed by atoms with E-state index in [-0.39, 0.29) is 16.3 Å². The molecule has 116 valence electrons. The number of nitrogens with one attached hydrogen (secondary N) is 2. The maximum absolute atomic E-state index is 13.5. The topological polar surface area (TPSA) is 76.0 Å². The number of hydrogen-bond donors (Lipinski definition) is 2. The summed E-state index contributed by atoms with van der Waals surface area (Å²) in [6, 6.07) is 6.53. The Morgan fingerprint density at radius 3 is 2.86 bits per heavy atom. The van der Waals surface area contributed by atoms with E-state index in [4.69, 9.17) is 11.6 Å². The first-order valence-corrected chi connectivity index (χ1v) is 6.97. The molecule has 22 heavy (non-hydrogen) atoms. The van der Waals surface area contributed by atoms with Crippen molar-refractivity contribution < 1.29 is 9.18 Å². The number of carbonyl (C=O) groups is 1. The van der Waals surface area contributed by atoms with E-state index in [1.54, 1.807) is 6.07 Å². The largest absolute Gasteiger partial charge is 0.338 e. The molecule has 0 aliphatic carbocycles. The summed E-state index contributed by atoms with van der Waals surface area (Å²) in [5.74, 6) is -0.609. The number of urea groups is 1. The first-order chi connectivity index (χ1) is 10.6. The lowest BCUT2D eigenvalue weighted by atomic mass is 10.3. The van der Waals surface area contributed by atoms with Gasteiger partial charge in [-0.25, -0.2) is 13.9 Å². The van der Waals surface area contributed by atoms with Gasteiger partial charge in [0.25, 0.3) is 5.56 Å².